The molecule has 9 heteroatoms. The zero-order chi connectivity index (χ0) is 23.5. The topological polar surface area (TPSA) is 129 Å². The monoisotopic (exact) mass is 454 g/mol. The van der Waals surface area contributed by atoms with Gasteiger partial charge in [0.15, 0.2) is 0 Å². The summed E-state index contributed by atoms with van der Waals surface area (Å²) in [5, 5.41) is 14.0. The van der Waals surface area contributed by atoms with Gasteiger partial charge in [-0.1, -0.05) is 12.1 Å². The average molecular weight is 454 g/mol. The number of aromatic amines is 2. The molecule has 0 atom stereocenters. The number of hydrogen-bond acceptors (Lipinski definition) is 6. The predicted molar refractivity (Wildman–Crippen MR) is 128 cm³/mol. The van der Waals surface area contributed by atoms with Gasteiger partial charge in [-0.3, -0.25) is 4.79 Å². The van der Waals surface area contributed by atoms with E-state index in [1.165, 1.54) is 7.11 Å². The van der Waals surface area contributed by atoms with Gasteiger partial charge in [0.25, 0.3) is 5.91 Å². The minimum absolute atomic E-state index is 0.0598. The summed E-state index contributed by atoms with van der Waals surface area (Å²) in [4.78, 5) is 31.6. The lowest BCUT2D eigenvalue weighted by molar-refractivity contribution is 0.0954. The van der Waals surface area contributed by atoms with E-state index in [0.29, 0.717) is 58.0 Å². The maximum atomic E-state index is 12.6. The second-order valence-corrected chi connectivity index (χ2v) is 7.66. The number of nitrogens with one attached hydrogen (secondary N) is 3. The summed E-state index contributed by atoms with van der Waals surface area (Å²) in [6.45, 7) is 0.492. The highest BCUT2D eigenvalue weighted by atomic mass is 16.5. The van der Waals surface area contributed by atoms with Crippen LogP contribution in [0.1, 0.15) is 16.1 Å². The van der Waals surface area contributed by atoms with Crippen LogP contribution in [0.5, 0.6) is 11.6 Å². The van der Waals surface area contributed by atoms with Gasteiger partial charge in [0, 0.05) is 47.7 Å². The van der Waals surface area contributed by atoms with Crippen LogP contribution in [0, 0.1) is 0 Å². The third-order valence-corrected chi connectivity index (χ3v) is 5.52. The molecule has 3 heterocycles. The number of phenolic OH excluding ortho intramolecular Hbond substituents is 1. The number of aromatic nitrogens is 5. The smallest absolute Gasteiger partial charge is 0.251 e. The van der Waals surface area contributed by atoms with E-state index in [1.54, 1.807) is 55.1 Å². The molecule has 0 spiro atoms. The van der Waals surface area contributed by atoms with E-state index in [4.69, 9.17) is 4.74 Å². The zero-order valence-electron chi connectivity index (χ0n) is 18.4. The molecule has 4 N–H and O–H groups in total. The molecule has 0 saturated carbocycles. The average Bonchev–Trinajstić information content (AvgIpc) is 3.53. The third kappa shape index (κ3) is 4.06. The normalized spacial score (nSPS) is 11.0. The van der Waals surface area contributed by atoms with E-state index in [2.05, 4.69) is 30.2 Å². The van der Waals surface area contributed by atoms with Gasteiger partial charge in [-0.15, -0.1) is 0 Å². The van der Waals surface area contributed by atoms with Crippen molar-refractivity contribution < 1.29 is 14.6 Å². The largest absolute Gasteiger partial charge is 0.507 e. The second-order valence-electron chi connectivity index (χ2n) is 7.66. The fraction of sp³-hybridized carbons (Fsp3) is 0.120. The van der Waals surface area contributed by atoms with Crippen molar-refractivity contribution >= 4 is 16.9 Å². The van der Waals surface area contributed by atoms with E-state index in [9.17, 15) is 9.90 Å². The number of carbonyl (C=O) groups excluding carboxylic acids is 1. The van der Waals surface area contributed by atoms with Crippen LogP contribution in [-0.2, 0) is 6.42 Å². The highest BCUT2D eigenvalue weighted by Crippen LogP contribution is 2.40. The van der Waals surface area contributed by atoms with Crippen LogP contribution in [0.15, 0.2) is 67.3 Å². The molecule has 3 aromatic heterocycles. The van der Waals surface area contributed by atoms with Gasteiger partial charge >= 0.3 is 0 Å². The Morgan fingerprint density at radius 3 is 2.79 bits per heavy atom. The lowest BCUT2D eigenvalue weighted by Crippen LogP contribution is -2.25. The molecular weight excluding hydrogens is 432 g/mol. The van der Waals surface area contributed by atoms with Crippen LogP contribution in [-0.4, -0.2) is 49.6 Å². The molecule has 9 nitrogen and oxygen atoms in total. The lowest BCUT2D eigenvalue weighted by atomic mass is 10.0. The number of methoxy groups -OCH3 is 1. The number of para-hydroxylation sites is 1. The van der Waals surface area contributed by atoms with Crippen LogP contribution >= 0.6 is 0 Å². The minimum atomic E-state index is -0.175. The number of carbonyl (C=O) groups is 1. The van der Waals surface area contributed by atoms with Gasteiger partial charge in [0.2, 0.25) is 5.88 Å². The fourth-order valence-corrected chi connectivity index (χ4v) is 3.82. The number of phenols is 1. The Bertz CT molecular complexity index is 1460. The first kappa shape index (κ1) is 21.2. The standard InChI is InChI=1S/C25H22N6O3/c1-34-25-18(6-3-10-28-25)17-4-2-5-19(22(17)32)23-30-20-8-7-15(12-21(20)31-23)24(33)27-11-9-16-13-26-14-29-16/h2-8,10,12-14,32H,9,11H2,1H3,(H,26,29)(H,27,33)(H,30,31). The Morgan fingerprint density at radius 1 is 1.12 bits per heavy atom. The molecule has 0 aliphatic carbocycles. The molecule has 0 fully saturated rings. The Hall–Kier alpha value is -4.66. The highest BCUT2D eigenvalue weighted by molar-refractivity contribution is 5.98. The summed E-state index contributed by atoms with van der Waals surface area (Å²) in [6.07, 6.45) is 5.65. The molecule has 0 bridgehead atoms. The highest BCUT2D eigenvalue weighted by Gasteiger charge is 2.17. The molecule has 0 aliphatic rings. The summed E-state index contributed by atoms with van der Waals surface area (Å²) in [6, 6.07) is 14.3. The summed E-state index contributed by atoms with van der Waals surface area (Å²) in [5.41, 5.74) is 4.65. The van der Waals surface area contributed by atoms with Gasteiger partial charge in [0.05, 0.1) is 30.0 Å². The second kappa shape index (κ2) is 9.07. The van der Waals surface area contributed by atoms with E-state index < -0.39 is 0 Å². The molecule has 5 aromatic rings. The van der Waals surface area contributed by atoms with Crippen LogP contribution < -0.4 is 10.1 Å². The van der Waals surface area contributed by atoms with Crippen LogP contribution in [0.3, 0.4) is 0 Å². The number of benzene rings is 2. The van der Waals surface area contributed by atoms with E-state index in [1.807, 2.05) is 12.1 Å². The van der Waals surface area contributed by atoms with Gasteiger partial charge in [-0.2, -0.15) is 0 Å². The number of imidazole rings is 2. The Kier molecular flexibility index (Phi) is 5.65. The number of nitrogens with zero attached hydrogens (tertiary/aromatic N) is 3. The van der Waals surface area contributed by atoms with Crippen molar-refractivity contribution in [1.82, 2.24) is 30.2 Å². The Labute approximate surface area is 194 Å². The summed E-state index contributed by atoms with van der Waals surface area (Å²) in [7, 11) is 1.54. The maximum Gasteiger partial charge on any atom is 0.251 e. The Balaban J connectivity index is 1.41. The third-order valence-electron chi connectivity index (χ3n) is 5.52. The van der Waals surface area contributed by atoms with Gasteiger partial charge < -0.3 is 25.1 Å². The number of ether oxygens (including phenoxy) is 1. The number of pyridine rings is 1. The predicted octanol–water partition coefficient (Wildman–Crippen LogP) is 3.70. The molecule has 170 valence electrons. The first-order valence-corrected chi connectivity index (χ1v) is 10.7. The zero-order valence-corrected chi connectivity index (χ0v) is 18.4. The van der Waals surface area contributed by atoms with Crippen molar-refractivity contribution in [1.29, 1.82) is 0 Å². The van der Waals surface area contributed by atoms with Crippen molar-refractivity contribution in [2.24, 2.45) is 0 Å². The van der Waals surface area contributed by atoms with Crippen LogP contribution in [0.25, 0.3) is 33.5 Å². The molecule has 1 amide bonds. The molecule has 0 aliphatic heterocycles. The molecule has 34 heavy (non-hydrogen) atoms. The SMILES string of the molecule is COc1ncccc1-c1cccc(-c2nc3ccc(C(=O)NCCc4cnc[nH]4)cc3[nH]2)c1O. The van der Waals surface area contributed by atoms with E-state index >= 15 is 0 Å². The summed E-state index contributed by atoms with van der Waals surface area (Å²) < 4.78 is 5.34. The summed E-state index contributed by atoms with van der Waals surface area (Å²) in [5.74, 6) is 0.799. The number of fused-ring (bicyclic) bond motifs is 1. The number of rotatable bonds is 7. The van der Waals surface area contributed by atoms with Crippen molar-refractivity contribution in [2.45, 2.75) is 6.42 Å². The number of aromatic hydroxyl groups is 1. The molecule has 2 aromatic carbocycles. The van der Waals surface area contributed by atoms with E-state index in [-0.39, 0.29) is 11.7 Å². The lowest BCUT2D eigenvalue weighted by Gasteiger charge is -2.11. The summed E-state index contributed by atoms with van der Waals surface area (Å²) >= 11 is 0. The number of H-pyrrole nitrogens is 2. The minimum Gasteiger partial charge on any atom is -0.507 e. The molecule has 0 unspecified atom stereocenters. The van der Waals surface area contributed by atoms with Crippen LogP contribution in [0.4, 0.5) is 0 Å². The van der Waals surface area contributed by atoms with Crippen molar-refractivity contribution in [2.75, 3.05) is 13.7 Å². The molecular formula is C25H22N6O3. The molecule has 0 saturated heterocycles. The van der Waals surface area contributed by atoms with Gasteiger partial charge in [-0.05, 0) is 36.4 Å². The van der Waals surface area contributed by atoms with Crippen molar-refractivity contribution in [3.05, 3.63) is 78.5 Å². The van der Waals surface area contributed by atoms with Crippen molar-refractivity contribution in [3.8, 4) is 34.1 Å². The van der Waals surface area contributed by atoms with Crippen LogP contribution in [0.2, 0.25) is 0 Å². The molecule has 5 rings (SSSR count). The first-order valence-electron chi connectivity index (χ1n) is 10.7. The quantitative estimate of drug-likeness (QED) is 0.297. The fourth-order valence-electron chi connectivity index (χ4n) is 3.82. The van der Waals surface area contributed by atoms with Gasteiger partial charge in [-0.25, -0.2) is 15.0 Å². The van der Waals surface area contributed by atoms with Gasteiger partial charge in [0.1, 0.15) is 11.6 Å². The van der Waals surface area contributed by atoms with E-state index in [0.717, 1.165) is 5.69 Å². The molecule has 0 radical (unpaired) electrons. The number of hydrogen-bond donors (Lipinski definition) is 4. The number of amides is 1. The first-order chi connectivity index (χ1) is 16.6. The van der Waals surface area contributed by atoms with Crippen molar-refractivity contribution in [3.63, 3.8) is 0 Å². The maximum absolute atomic E-state index is 12.6. The Morgan fingerprint density at radius 2 is 1.97 bits per heavy atom.